The van der Waals surface area contributed by atoms with E-state index in [0.717, 1.165) is 38.3 Å². The van der Waals surface area contributed by atoms with Gasteiger partial charge in [-0.05, 0) is 42.7 Å². The lowest BCUT2D eigenvalue weighted by Gasteiger charge is -2.44. The van der Waals surface area contributed by atoms with Crippen LogP contribution in [0.2, 0.25) is 0 Å². The zero-order chi connectivity index (χ0) is 27.3. The maximum atomic E-state index is 12.7. The number of carbonyl (C=O) groups is 1. The Morgan fingerprint density at radius 3 is 1.97 bits per heavy atom. The van der Waals surface area contributed by atoms with E-state index in [4.69, 9.17) is 5.21 Å². The highest BCUT2D eigenvalue weighted by Gasteiger charge is 2.32. The predicted molar refractivity (Wildman–Crippen MR) is 140 cm³/mol. The molecule has 2 aliphatic heterocycles. The van der Waals surface area contributed by atoms with Gasteiger partial charge in [-0.15, -0.1) is 0 Å². The number of piperazine rings is 2. The number of carbonyl (C=O) groups excluding carboxylic acids is 1. The van der Waals surface area contributed by atoms with Crippen molar-refractivity contribution in [3.05, 3.63) is 70.8 Å². The third kappa shape index (κ3) is 8.00. The molecule has 2 aliphatic rings. The molecule has 0 radical (unpaired) electrons. The second kappa shape index (κ2) is 12.6. The van der Waals surface area contributed by atoms with Crippen LogP contribution < -0.4 is 5.48 Å². The van der Waals surface area contributed by atoms with Gasteiger partial charge in [-0.1, -0.05) is 36.4 Å². The Balaban J connectivity index is 1.28. The molecule has 1 amide bonds. The largest absolute Gasteiger partial charge is 0.401 e. The van der Waals surface area contributed by atoms with E-state index in [-0.39, 0.29) is 0 Å². The smallest absolute Gasteiger partial charge is 0.297 e. The standard InChI is InChI=1S/C28H38F3N5O2/c1-21-15-35(17-23-6-8-26(9-7-23)27(37)32-38)16-22(2)36(21)19-25-5-3-4-24(14-25)18-33-10-12-34(13-11-33)20-28(29,30)31/h3-9,14,21-22,38H,10-13,15-20H2,1-2H3,(H,32,37)/t21-,22+. The van der Waals surface area contributed by atoms with E-state index in [1.807, 2.05) is 12.1 Å². The first-order valence-corrected chi connectivity index (χ1v) is 13.2. The summed E-state index contributed by atoms with van der Waals surface area (Å²) in [5.41, 5.74) is 5.66. The molecule has 0 aromatic heterocycles. The molecular formula is C28H38F3N5O2. The third-order valence-electron chi connectivity index (χ3n) is 7.53. The number of hydroxylamine groups is 1. The average Bonchev–Trinajstić information content (AvgIpc) is 2.87. The van der Waals surface area contributed by atoms with Gasteiger partial charge in [0.15, 0.2) is 0 Å². The second-order valence-electron chi connectivity index (χ2n) is 10.7. The molecule has 2 atom stereocenters. The van der Waals surface area contributed by atoms with Gasteiger partial charge in [0.25, 0.3) is 5.91 Å². The van der Waals surface area contributed by atoms with E-state index in [2.05, 4.69) is 52.8 Å². The van der Waals surface area contributed by atoms with E-state index < -0.39 is 18.6 Å². The fourth-order valence-electron chi connectivity index (χ4n) is 5.65. The van der Waals surface area contributed by atoms with Gasteiger partial charge < -0.3 is 0 Å². The number of rotatable bonds is 8. The van der Waals surface area contributed by atoms with Gasteiger partial charge >= 0.3 is 6.18 Å². The van der Waals surface area contributed by atoms with Crippen molar-refractivity contribution < 1.29 is 23.2 Å². The van der Waals surface area contributed by atoms with Gasteiger partial charge in [-0.2, -0.15) is 13.2 Å². The molecule has 0 aliphatic carbocycles. The number of nitrogens with one attached hydrogen (secondary N) is 1. The SMILES string of the molecule is C[C@@H]1CN(Cc2ccc(C(=O)NO)cc2)C[C@H](C)N1Cc1cccc(CN2CCN(CC(F)(F)F)CC2)c1. The van der Waals surface area contributed by atoms with Crippen LogP contribution in [0.15, 0.2) is 48.5 Å². The first-order chi connectivity index (χ1) is 18.1. The zero-order valence-electron chi connectivity index (χ0n) is 22.1. The average molecular weight is 534 g/mol. The third-order valence-corrected chi connectivity index (χ3v) is 7.53. The van der Waals surface area contributed by atoms with Gasteiger partial charge in [0.05, 0.1) is 6.54 Å². The number of halogens is 3. The van der Waals surface area contributed by atoms with Crippen LogP contribution in [-0.2, 0) is 19.6 Å². The minimum atomic E-state index is -4.14. The van der Waals surface area contributed by atoms with E-state index in [0.29, 0.717) is 43.8 Å². The van der Waals surface area contributed by atoms with Crippen molar-refractivity contribution in [1.82, 2.24) is 25.1 Å². The Hall–Kier alpha value is -2.50. The Labute approximate surface area is 222 Å². The molecule has 0 saturated carbocycles. The quantitative estimate of drug-likeness (QED) is 0.400. The minimum Gasteiger partial charge on any atom is -0.297 e. The lowest BCUT2D eigenvalue weighted by Crippen LogP contribution is -2.55. The first-order valence-electron chi connectivity index (χ1n) is 13.2. The molecule has 10 heteroatoms. The Kier molecular flexibility index (Phi) is 9.43. The van der Waals surface area contributed by atoms with E-state index >= 15 is 0 Å². The lowest BCUT2D eigenvalue weighted by atomic mass is 10.0. The number of hydrogen-bond donors (Lipinski definition) is 2. The van der Waals surface area contributed by atoms with Crippen LogP contribution in [0.25, 0.3) is 0 Å². The molecule has 38 heavy (non-hydrogen) atoms. The first kappa shape index (κ1) is 28.5. The molecular weight excluding hydrogens is 495 g/mol. The van der Waals surface area contributed by atoms with Gasteiger partial charge in [-0.3, -0.25) is 29.6 Å². The summed E-state index contributed by atoms with van der Waals surface area (Å²) in [6.07, 6.45) is -4.14. The number of benzene rings is 2. The van der Waals surface area contributed by atoms with Crippen molar-refractivity contribution in [3.63, 3.8) is 0 Å². The zero-order valence-corrected chi connectivity index (χ0v) is 22.1. The summed E-state index contributed by atoms with van der Waals surface area (Å²) in [4.78, 5) is 20.2. The molecule has 2 fully saturated rings. The Morgan fingerprint density at radius 1 is 0.842 bits per heavy atom. The van der Waals surface area contributed by atoms with Crippen LogP contribution in [0.3, 0.4) is 0 Å². The lowest BCUT2D eigenvalue weighted by molar-refractivity contribution is -0.149. The fraction of sp³-hybridized carbons (Fsp3) is 0.536. The summed E-state index contributed by atoms with van der Waals surface area (Å²) < 4.78 is 38.0. The number of amides is 1. The van der Waals surface area contributed by atoms with Crippen LogP contribution in [-0.4, -0.2) is 94.8 Å². The Morgan fingerprint density at radius 2 is 1.39 bits per heavy atom. The van der Waals surface area contributed by atoms with E-state index in [9.17, 15) is 18.0 Å². The topological polar surface area (TPSA) is 62.3 Å². The molecule has 0 bridgehead atoms. The summed E-state index contributed by atoms with van der Waals surface area (Å²) >= 11 is 0. The van der Waals surface area contributed by atoms with Gasteiger partial charge in [0.2, 0.25) is 0 Å². The van der Waals surface area contributed by atoms with Crippen molar-refractivity contribution in [1.29, 1.82) is 0 Å². The Bertz CT molecular complexity index is 1050. The van der Waals surface area contributed by atoms with E-state index in [1.54, 1.807) is 17.6 Å². The van der Waals surface area contributed by atoms with Crippen molar-refractivity contribution in [2.24, 2.45) is 0 Å². The molecule has 2 saturated heterocycles. The number of hydrogen-bond acceptors (Lipinski definition) is 6. The summed E-state index contributed by atoms with van der Waals surface area (Å²) in [5, 5.41) is 8.79. The normalized spacial score (nSPS) is 22.5. The highest BCUT2D eigenvalue weighted by atomic mass is 19.4. The molecule has 2 N–H and O–H groups in total. The summed E-state index contributed by atoms with van der Waals surface area (Å²) in [6, 6.07) is 16.6. The molecule has 2 heterocycles. The molecule has 0 unspecified atom stereocenters. The highest BCUT2D eigenvalue weighted by molar-refractivity contribution is 5.93. The molecule has 208 valence electrons. The number of nitrogens with zero attached hydrogens (tertiary/aromatic N) is 4. The molecule has 2 aromatic rings. The van der Waals surface area contributed by atoms with Crippen LogP contribution in [0.5, 0.6) is 0 Å². The monoisotopic (exact) mass is 533 g/mol. The van der Waals surface area contributed by atoms with Crippen molar-refractivity contribution in [2.45, 2.75) is 51.7 Å². The van der Waals surface area contributed by atoms with Crippen molar-refractivity contribution in [3.8, 4) is 0 Å². The maximum Gasteiger partial charge on any atom is 0.401 e. The van der Waals surface area contributed by atoms with Gasteiger partial charge in [0, 0.05) is 76.5 Å². The van der Waals surface area contributed by atoms with Crippen LogP contribution in [0, 0.1) is 0 Å². The fourth-order valence-corrected chi connectivity index (χ4v) is 5.65. The number of alkyl halides is 3. The van der Waals surface area contributed by atoms with Crippen molar-refractivity contribution in [2.75, 3.05) is 45.8 Å². The summed E-state index contributed by atoms with van der Waals surface area (Å²) in [5.74, 6) is -0.514. The molecule has 4 rings (SSSR count). The van der Waals surface area contributed by atoms with Crippen LogP contribution in [0.4, 0.5) is 13.2 Å². The van der Waals surface area contributed by atoms with Crippen LogP contribution in [0.1, 0.15) is 40.9 Å². The molecule has 0 spiro atoms. The van der Waals surface area contributed by atoms with Crippen LogP contribution >= 0.6 is 0 Å². The molecule has 2 aromatic carbocycles. The summed E-state index contributed by atoms with van der Waals surface area (Å²) in [7, 11) is 0. The maximum absolute atomic E-state index is 12.7. The van der Waals surface area contributed by atoms with Gasteiger partial charge in [-0.25, -0.2) is 5.48 Å². The van der Waals surface area contributed by atoms with Crippen molar-refractivity contribution >= 4 is 5.91 Å². The highest BCUT2D eigenvalue weighted by Crippen LogP contribution is 2.22. The van der Waals surface area contributed by atoms with E-state index in [1.165, 1.54) is 16.0 Å². The minimum absolute atomic E-state index is 0.364. The predicted octanol–water partition coefficient (Wildman–Crippen LogP) is 3.58. The second-order valence-corrected chi connectivity index (χ2v) is 10.7. The summed E-state index contributed by atoms with van der Waals surface area (Å²) in [6.45, 7) is 10.1. The molecule has 7 nitrogen and oxygen atoms in total. The van der Waals surface area contributed by atoms with Gasteiger partial charge in [0.1, 0.15) is 0 Å².